The number of rotatable bonds is 7. The molecule has 6 nitrogen and oxygen atoms in total. The number of amides is 1. The third-order valence-corrected chi connectivity index (χ3v) is 7.11. The second-order valence-electron chi connectivity index (χ2n) is 7.26. The molecule has 2 saturated heterocycles. The molecule has 2 bridgehead atoms. The van der Waals surface area contributed by atoms with E-state index in [0.29, 0.717) is 24.9 Å². The van der Waals surface area contributed by atoms with Gasteiger partial charge in [-0.15, -0.1) is 12.4 Å². The quantitative estimate of drug-likeness (QED) is 0.709. The molecule has 3 rings (SSSR count). The Morgan fingerprint density at radius 1 is 1.22 bits per heavy atom. The summed E-state index contributed by atoms with van der Waals surface area (Å²) in [6.07, 6.45) is 5.05. The zero-order valence-electron chi connectivity index (χ0n) is 15.4. The van der Waals surface area contributed by atoms with Crippen LogP contribution in [0.25, 0.3) is 0 Å². The molecule has 0 aromatic heterocycles. The molecule has 27 heavy (non-hydrogen) atoms. The Hall–Kier alpha value is -1.22. The highest BCUT2D eigenvalue weighted by atomic mass is 35.5. The molecule has 2 N–H and O–H groups in total. The Balaban J connectivity index is 0.00000261. The minimum atomic E-state index is -3.66. The normalized spacial score (nSPS) is 24.5. The van der Waals surface area contributed by atoms with Crippen molar-refractivity contribution in [1.29, 1.82) is 0 Å². The summed E-state index contributed by atoms with van der Waals surface area (Å²) in [6, 6.07) is 6.01. The standard InChI is InChI=1S/C18H26FN3O3S.ClH/c1-22(26(24,25)17-8-4-13(19)5-9-17)10-2-3-18(23)21-16-11-14-6-7-15(12-16)20-14;/h4-5,8-9,14-16,20H,2-3,6-7,10-12H2,1H3,(H,21,23);1H. The summed E-state index contributed by atoms with van der Waals surface area (Å²) >= 11 is 0. The van der Waals surface area contributed by atoms with Gasteiger partial charge in [0, 0.05) is 38.1 Å². The van der Waals surface area contributed by atoms with Crippen LogP contribution < -0.4 is 10.6 Å². The highest BCUT2D eigenvalue weighted by molar-refractivity contribution is 7.89. The predicted molar refractivity (Wildman–Crippen MR) is 104 cm³/mol. The van der Waals surface area contributed by atoms with Crippen molar-refractivity contribution < 1.29 is 17.6 Å². The molecule has 2 aliphatic heterocycles. The fraction of sp³-hybridized carbons (Fsp3) is 0.611. The van der Waals surface area contributed by atoms with E-state index >= 15 is 0 Å². The molecular weight excluding hydrogens is 393 g/mol. The number of halogens is 2. The Kier molecular flexibility index (Phi) is 7.62. The minimum Gasteiger partial charge on any atom is -0.353 e. The fourth-order valence-corrected chi connectivity index (χ4v) is 5.05. The molecule has 0 spiro atoms. The third-order valence-electron chi connectivity index (χ3n) is 5.24. The van der Waals surface area contributed by atoms with Crippen molar-refractivity contribution in [2.75, 3.05) is 13.6 Å². The molecule has 2 heterocycles. The van der Waals surface area contributed by atoms with Gasteiger partial charge in [0.1, 0.15) is 5.82 Å². The molecule has 1 aromatic carbocycles. The summed E-state index contributed by atoms with van der Waals surface area (Å²) in [5.74, 6) is -0.501. The summed E-state index contributed by atoms with van der Waals surface area (Å²) < 4.78 is 39.0. The van der Waals surface area contributed by atoms with Crippen LogP contribution in [0, 0.1) is 5.82 Å². The van der Waals surface area contributed by atoms with Crippen LogP contribution in [-0.2, 0) is 14.8 Å². The lowest BCUT2D eigenvalue weighted by Gasteiger charge is -2.29. The van der Waals surface area contributed by atoms with E-state index in [9.17, 15) is 17.6 Å². The maximum Gasteiger partial charge on any atom is 0.242 e. The van der Waals surface area contributed by atoms with Gasteiger partial charge in [0.2, 0.25) is 15.9 Å². The lowest BCUT2D eigenvalue weighted by molar-refractivity contribution is -0.122. The predicted octanol–water partition coefficient (Wildman–Crippen LogP) is 2.05. The topological polar surface area (TPSA) is 78.5 Å². The van der Waals surface area contributed by atoms with Crippen molar-refractivity contribution in [1.82, 2.24) is 14.9 Å². The Labute approximate surface area is 166 Å². The van der Waals surface area contributed by atoms with Gasteiger partial charge in [-0.05, 0) is 56.4 Å². The summed E-state index contributed by atoms with van der Waals surface area (Å²) in [6.45, 7) is 0.241. The van der Waals surface area contributed by atoms with E-state index < -0.39 is 15.8 Å². The molecule has 2 fully saturated rings. The molecular formula is C18H27ClFN3O3S. The molecule has 0 radical (unpaired) electrons. The van der Waals surface area contributed by atoms with Gasteiger partial charge in [-0.3, -0.25) is 4.79 Å². The van der Waals surface area contributed by atoms with Crippen molar-refractivity contribution >= 4 is 28.3 Å². The second kappa shape index (κ2) is 9.32. The number of hydrogen-bond acceptors (Lipinski definition) is 4. The Bertz CT molecular complexity index is 733. The van der Waals surface area contributed by atoms with E-state index in [1.165, 1.54) is 36.3 Å². The first kappa shape index (κ1) is 22.1. The molecule has 2 aliphatic rings. The van der Waals surface area contributed by atoms with Gasteiger partial charge in [-0.1, -0.05) is 0 Å². The van der Waals surface area contributed by atoms with Crippen LogP contribution in [0.15, 0.2) is 29.2 Å². The zero-order chi connectivity index (χ0) is 18.7. The first-order valence-electron chi connectivity index (χ1n) is 9.12. The number of sulfonamides is 1. The van der Waals surface area contributed by atoms with Crippen molar-refractivity contribution in [3.05, 3.63) is 30.1 Å². The van der Waals surface area contributed by atoms with Gasteiger partial charge in [0.15, 0.2) is 0 Å². The van der Waals surface area contributed by atoms with Gasteiger partial charge >= 0.3 is 0 Å². The molecule has 2 atom stereocenters. The molecule has 0 saturated carbocycles. The number of nitrogens with zero attached hydrogens (tertiary/aromatic N) is 1. The summed E-state index contributed by atoms with van der Waals surface area (Å²) in [5, 5.41) is 6.62. The van der Waals surface area contributed by atoms with E-state index in [1.54, 1.807) is 0 Å². The van der Waals surface area contributed by atoms with Gasteiger partial charge in [0.25, 0.3) is 0 Å². The Morgan fingerprint density at radius 2 is 1.81 bits per heavy atom. The summed E-state index contributed by atoms with van der Waals surface area (Å²) in [7, 11) is -2.19. The average Bonchev–Trinajstić information content (AvgIpc) is 2.93. The molecule has 1 amide bonds. The third kappa shape index (κ3) is 5.63. The first-order valence-corrected chi connectivity index (χ1v) is 10.6. The number of nitrogens with one attached hydrogen (secondary N) is 2. The maximum atomic E-state index is 13.0. The van der Waals surface area contributed by atoms with Crippen LogP contribution in [0.5, 0.6) is 0 Å². The highest BCUT2D eigenvalue weighted by Gasteiger charge is 2.33. The first-order chi connectivity index (χ1) is 12.3. The fourth-order valence-electron chi connectivity index (χ4n) is 3.84. The number of carbonyl (C=O) groups is 1. The van der Waals surface area contributed by atoms with E-state index in [0.717, 1.165) is 25.0 Å². The van der Waals surface area contributed by atoms with Crippen LogP contribution in [-0.4, -0.2) is 50.3 Å². The largest absolute Gasteiger partial charge is 0.353 e. The van der Waals surface area contributed by atoms with E-state index in [1.807, 2.05) is 0 Å². The SMILES string of the molecule is CN(CCCC(=O)NC1CC2CCC(C1)N2)S(=O)(=O)c1ccc(F)cc1.Cl. The number of hydrogen-bond donors (Lipinski definition) is 2. The summed E-state index contributed by atoms with van der Waals surface area (Å²) in [4.78, 5) is 12.2. The second-order valence-corrected chi connectivity index (χ2v) is 9.30. The number of piperidine rings is 1. The minimum absolute atomic E-state index is 0. The number of fused-ring (bicyclic) bond motifs is 2. The van der Waals surface area contributed by atoms with E-state index in [2.05, 4.69) is 10.6 Å². The lowest BCUT2D eigenvalue weighted by Crippen LogP contribution is -2.48. The van der Waals surface area contributed by atoms with E-state index in [4.69, 9.17) is 0 Å². The molecule has 2 unspecified atom stereocenters. The van der Waals surface area contributed by atoms with Crippen molar-refractivity contribution in [3.8, 4) is 0 Å². The molecule has 1 aromatic rings. The van der Waals surface area contributed by atoms with E-state index in [-0.39, 0.29) is 35.8 Å². The van der Waals surface area contributed by atoms with Crippen LogP contribution in [0.4, 0.5) is 4.39 Å². The molecule has 9 heteroatoms. The zero-order valence-corrected chi connectivity index (χ0v) is 17.0. The average molecular weight is 420 g/mol. The van der Waals surface area contributed by atoms with Crippen molar-refractivity contribution in [2.24, 2.45) is 0 Å². The molecule has 152 valence electrons. The summed E-state index contributed by atoms with van der Waals surface area (Å²) in [5.41, 5.74) is 0. The van der Waals surface area contributed by atoms with Crippen LogP contribution in [0.1, 0.15) is 38.5 Å². The van der Waals surface area contributed by atoms with Gasteiger partial charge in [-0.25, -0.2) is 17.1 Å². The smallest absolute Gasteiger partial charge is 0.242 e. The van der Waals surface area contributed by atoms with Crippen molar-refractivity contribution in [2.45, 2.75) is 61.5 Å². The van der Waals surface area contributed by atoms with Crippen LogP contribution in [0.3, 0.4) is 0 Å². The number of carbonyl (C=O) groups excluding carboxylic acids is 1. The van der Waals surface area contributed by atoms with Crippen LogP contribution >= 0.6 is 12.4 Å². The van der Waals surface area contributed by atoms with Gasteiger partial charge in [-0.2, -0.15) is 0 Å². The van der Waals surface area contributed by atoms with Crippen LogP contribution in [0.2, 0.25) is 0 Å². The van der Waals surface area contributed by atoms with Gasteiger partial charge < -0.3 is 10.6 Å². The number of benzene rings is 1. The maximum absolute atomic E-state index is 13.0. The monoisotopic (exact) mass is 419 g/mol. The van der Waals surface area contributed by atoms with Crippen molar-refractivity contribution in [3.63, 3.8) is 0 Å². The van der Waals surface area contributed by atoms with Gasteiger partial charge in [0.05, 0.1) is 4.90 Å². The molecule has 0 aliphatic carbocycles. The highest BCUT2D eigenvalue weighted by Crippen LogP contribution is 2.26. The lowest BCUT2D eigenvalue weighted by atomic mass is 9.99. The Morgan fingerprint density at radius 3 is 2.41 bits per heavy atom.